The van der Waals surface area contributed by atoms with Gasteiger partial charge < -0.3 is 19.9 Å². The van der Waals surface area contributed by atoms with Gasteiger partial charge in [0.2, 0.25) is 5.91 Å². The molecule has 0 aliphatic carbocycles. The second kappa shape index (κ2) is 10.7. The first-order valence-electron chi connectivity index (χ1n) is 11.0. The fourth-order valence-electron chi connectivity index (χ4n) is 4.37. The fourth-order valence-corrected chi connectivity index (χ4v) is 4.37. The predicted molar refractivity (Wildman–Crippen MR) is 114 cm³/mol. The molecule has 0 radical (unpaired) electrons. The third-order valence-electron chi connectivity index (χ3n) is 6.11. The molecular weight excluding hydrogens is 380 g/mol. The number of carbonyl (C=O) groups is 1. The SMILES string of the molecule is O=C(C[C@@H]1CCNC[C@@H]1Cc1cc(CN2CCOCC2)on1)NCc1ccccc1. The van der Waals surface area contributed by atoms with Gasteiger partial charge in [-0.1, -0.05) is 35.5 Å². The van der Waals surface area contributed by atoms with Gasteiger partial charge in [0, 0.05) is 32.1 Å². The van der Waals surface area contributed by atoms with Crippen molar-refractivity contribution >= 4 is 5.91 Å². The second-order valence-electron chi connectivity index (χ2n) is 8.36. The van der Waals surface area contributed by atoms with Gasteiger partial charge in [-0.3, -0.25) is 9.69 Å². The van der Waals surface area contributed by atoms with Crippen molar-refractivity contribution in [2.45, 2.75) is 32.4 Å². The summed E-state index contributed by atoms with van der Waals surface area (Å²) in [7, 11) is 0. The highest BCUT2D eigenvalue weighted by molar-refractivity contribution is 5.76. The number of rotatable bonds is 8. The number of hydrogen-bond acceptors (Lipinski definition) is 6. The monoisotopic (exact) mass is 412 g/mol. The zero-order chi connectivity index (χ0) is 20.6. The molecule has 2 aliphatic rings. The van der Waals surface area contributed by atoms with E-state index in [4.69, 9.17) is 9.26 Å². The molecule has 0 bridgehead atoms. The predicted octanol–water partition coefficient (Wildman–Crippen LogP) is 1.98. The normalized spacial score (nSPS) is 22.7. The quantitative estimate of drug-likeness (QED) is 0.690. The van der Waals surface area contributed by atoms with E-state index in [1.165, 1.54) is 0 Å². The van der Waals surface area contributed by atoms with Crippen LogP contribution >= 0.6 is 0 Å². The molecule has 2 saturated heterocycles. The molecule has 7 heteroatoms. The van der Waals surface area contributed by atoms with E-state index in [-0.39, 0.29) is 5.91 Å². The molecule has 2 aromatic rings. The maximum absolute atomic E-state index is 12.5. The van der Waals surface area contributed by atoms with Crippen molar-refractivity contribution in [3.05, 3.63) is 53.4 Å². The van der Waals surface area contributed by atoms with Crippen molar-refractivity contribution in [3.63, 3.8) is 0 Å². The van der Waals surface area contributed by atoms with Gasteiger partial charge in [-0.25, -0.2) is 0 Å². The molecule has 2 fully saturated rings. The van der Waals surface area contributed by atoms with Gasteiger partial charge in [0.1, 0.15) is 0 Å². The van der Waals surface area contributed by atoms with Crippen LogP contribution in [0.3, 0.4) is 0 Å². The lowest BCUT2D eigenvalue weighted by atomic mass is 9.81. The van der Waals surface area contributed by atoms with Crippen molar-refractivity contribution in [2.24, 2.45) is 11.8 Å². The van der Waals surface area contributed by atoms with Gasteiger partial charge in [0.25, 0.3) is 0 Å². The van der Waals surface area contributed by atoms with Crippen LogP contribution < -0.4 is 10.6 Å². The lowest BCUT2D eigenvalue weighted by Crippen LogP contribution is -2.40. The Morgan fingerprint density at radius 3 is 2.87 bits per heavy atom. The van der Waals surface area contributed by atoms with E-state index in [1.807, 2.05) is 30.3 Å². The summed E-state index contributed by atoms with van der Waals surface area (Å²) < 4.78 is 11.0. The van der Waals surface area contributed by atoms with E-state index in [9.17, 15) is 4.79 Å². The lowest BCUT2D eigenvalue weighted by Gasteiger charge is -2.31. The highest BCUT2D eigenvalue weighted by atomic mass is 16.5. The molecule has 2 aliphatic heterocycles. The number of carbonyl (C=O) groups excluding carboxylic acids is 1. The first-order chi connectivity index (χ1) is 14.8. The van der Waals surface area contributed by atoms with Crippen LogP contribution in [0.5, 0.6) is 0 Å². The van der Waals surface area contributed by atoms with Crippen LogP contribution in [-0.4, -0.2) is 55.4 Å². The summed E-state index contributed by atoms with van der Waals surface area (Å²) in [6.45, 7) is 6.68. The van der Waals surface area contributed by atoms with Crippen molar-refractivity contribution in [1.29, 1.82) is 0 Å². The van der Waals surface area contributed by atoms with Gasteiger partial charge >= 0.3 is 0 Å². The largest absolute Gasteiger partial charge is 0.379 e. The number of hydrogen-bond donors (Lipinski definition) is 2. The summed E-state index contributed by atoms with van der Waals surface area (Å²) >= 11 is 0. The number of benzene rings is 1. The zero-order valence-corrected chi connectivity index (χ0v) is 17.5. The molecule has 2 atom stereocenters. The summed E-state index contributed by atoms with van der Waals surface area (Å²) in [5.41, 5.74) is 2.12. The molecule has 162 valence electrons. The maximum Gasteiger partial charge on any atom is 0.220 e. The average molecular weight is 413 g/mol. The van der Waals surface area contributed by atoms with Crippen LogP contribution in [0.4, 0.5) is 0 Å². The van der Waals surface area contributed by atoms with Gasteiger partial charge in [-0.2, -0.15) is 0 Å². The molecule has 0 spiro atoms. The molecule has 0 unspecified atom stereocenters. The second-order valence-corrected chi connectivity index (χ2v) is 8.36. The maximum atomic E-state index is 12.5. The van der Waals surface area contributed by atoms with Crippen molar-refractivity contribution in [2.75, 3.05) is 39.4 Å². The van der Waals surface area contributed by atoms with Gasteiger partial charge in [0.15, 0.2) is 5.76 Å². The number of morpholine rings is 1. The van der Waals surface area contributed by atoms with Crippen LogP contribution in [0, 0.1) is 11.8 Å². The van der Waals surface area contributed by atoms with E-state index >= 15 is 0 Å². The first kappa shape index (κ1) is 21.0. The highest BCUT2D eigenvalue weighted by Crippen LogP contribution is 2.26. The Morgan fingerprint density at radius 2 is 2.03 bits per heavy atom. The molecule has 1 aromatic carbocycles. The first-order valence-corrected chi connectivity index (χ1v) is 11.0. The van der Waals surface area contributed by atoms with Gasteiger partial charge in [-0.15, -0.1) is 0 Å². The Bertz CT molecular complexity index is 789. The molecule has 2 N–H and O–H groups in total. The topological polar surface area (TPSA) is 79.6 Å². The van der Waals surface area contributed by atoms with Crippen LogP contribution in [-0.2, 0) is 29.0 Å². The Morgan fingerprint density at radius 1 is 1.20 bits per heavy atom. The Labute approximate surface area is 178 Å². The van der Waals surface area contributed by atoms with E-state index in [1.54, 1.807) is 0 Å². The Hall–Kier alpha value is -2.22. The van der Waals surface area contributed by atoms with E-state index < -0.39 is 0 Å². The van der Waals surface area contributed by atoms with Crippen LogP contribution in [0.1, 0.15) is 29.9 Å². The zero-order valence-electron chi connectivity index (χ0n) is 17.5. The Balaban J connectivity index is 1.27. The third kappa shape index (κ3) is 6.14. The molecule has 1 amide bonds. The van der Waals surface area contributed by atoms with Gasteiger partial charge in [0.05, 0.1) is 25.5 Å². The van der Waals surface area contributed by atoms with Crippen LogP contribution in [0.2, 0.25) is 0 Å². The van der Waals surface area contributed by atoms with Crippen molar-refractivity contribution in [3.8, 4) is 0 Å². The third-order valence-corrected chi connectivity index (χ3v) is 6.11. The summed E-state index contributed by atoms with van der Waals surface area (Å²) in [6.07, 6.45) is 2.43. The van der Waals surface area contributed by atoms with Crippen molar-refractivity contribution < 1.29 is 14.1 Å². The van der Waals surface area contributed by atoms with E-state index in [0.29, 0.717) is 24.8 Å². The highest BCUT2D eigenvalue weighted by Gasteiger charge is 2.28. The molecule has 30 heavy (non-hydrogen) atoms. The standard InChI is InChI=1S/C23H32N4O3/c28-23(25-15-18-4-2-1-3-5-18)13-19-6-7-24-16-20(19)12-21-14-22(30-26-21)17-27-8-10-29-11-9-27/h1-5,14,19-20,24H,6-13,15-17H2,(H,25,28)/t19-,20-/m0/s1. The summed E-state index contributed by atoms with van der Waals surface area (Å²) in [6, 6.07) is 12.1. The summed E-state index contributed by atoms with van der Waals surface area (Å²) in [5.74, 6) is 1.79. The minimum Gasteiger partial charge on any atom is -0.379 e. The minimum atomic E-state index is 0.129. The number of amides is 1. The lowest BCUT2D eigenvalue weighted by molar-refractivity contribution is -0.122. The minimum absolute atomic E-state index is 0.129. The smallest absolute Gasteiger partial charge is 0.220 e. The molecule has 3 heterocycles. The van der Waals surface area contributed by atoms with Crippen LogP contribution in [0.25, 0.3) is 0 Å². The van der Waals surface area contributed by atoms with Crippen LogP contribution in [0.15, 0.2) is 40.9 Å². The van der Waals surface area contributed by atoms with E-state index in [2.05, 4.69) is 26.8 Å². The molecule has 7 nitrogen and oxygen atoms in total. The van der Waals surface area contributed by atoms with E-state index in [0.717, 1.165) is 75.8 Å². The molecule has 0 saturated carbocycles. The summed E-state index contributed by atoms with van der Waals surface area (Å²) in [4.78, 5) is 14.9. The number of aromatic nitrogens is 1. The summed E-state index contributed by atoms with van der Waals surface area (Å²) in [5, 5.41) is 10.9. The number of piperidine rings is 1. The average Bonchev–Trinajstić information content (AvgIpc) is 3.22. The number of nitrogens with zero attached hydrogens (tertiary/aromatic N) is 2. The number of nitrogens with one attached hydrogen (secondary N) is 2. The molecular formula is C23H32N4O3. The van der Waals surface area contributed by atoms with Gasteiger partial charge in [-0.05, 0) is 43.3 Å². The molecule has 1 aromatic heterocycles. The van der Waals surface area contributed by atoms with Crippen molar-refractivity contribution in [1.82, 2.24) is 20.7 Å². The number of ether oxygens (including phenoxy) is 1. The fraction of sp³-hybridized carbons (Fsp3) is 0.565. The Kier molecular flexibility index (Phi) is 7.50. The molecule has 4 rings (SSSR count).